The second-order valence-corrected chi connectivity index (χ2v) is 7.97. The minimum atomic E-state index is -0.873. The van der Waals surface area contributed by atoms with Crippen LogP contribution < -0.4 is 0 Å². The fourth-order valence-corrected chi connectivity index (χ4v) is 5.40. The van der Waals surface area contributed by atoms with Gasteiger partial charge in [0, 0.05) is 10.4 Å². The van der Waals surface area contributed by atoms with Crippen LogP contribution in [0.5, 0.6) is 0 Å². The van der Waals surface area contributed by atoms with E-state index in [1.165, 1.54) is 29.5 Å². The van der Waals surface area contributed by atoms with Gasteiger partial charge in [-0.05, 0) is 37.5 Å². The van der Waals surface area contributed by atoms with Crippen molar-refractivity contribution < 1.29 is 18.7 Å². The highest BCUT2D eigenvalue weighted by Crippen LogP contribution is 2.43. The van der Waals surface area contributed by atoms with Crippen LogP contribution >= 0.6 is 11.3 Å². The Hall–Kier alpha value is -2.94. The van der Waals surface area contributed by atoms with Crippen LogP contribution in [-0.4, -0.2) is 31.6 Å². The summed E-state index contributed by atoms with van der Waals surface area (Å²) in [4.78, 5) is 16.9. The molecule has 0 saturated carbocycles. The summed E-state index contributed by atoms with van der Waals surface area (Å²) in [6, 6.07) is 3.71. The van der Waals surface area contributed by atoms with Gasteiger partial charge in [0.25, 0.3) is 0 Å². The van der Waals surface area contributed by atoms with Gasteiger partial charge < -0.3 is 5.11 Å². The van der Waals surface area contributed by atoms with Crippen LogP contribution in [0.25, 0.3) is 5.00 Å². The first kappa shape index (κ1) is 17.2. The van der Waals surface area contributed by atoms with E-state index >= 15 is 0 Å². The van der Waals surface area contributed by atoms with E-state index in [1.807, 2.05) is 4.57 Å². The molecule has 3 heterocycles. The van der Waals surface area contributed by atoms with Gasteiger partial charge in [-0.1, -0.05) is 6.07 Å². The number of hydrogen-bond donors (Lipinski definition) is 1. The zero-order valence-corrected chi connectivity index (χ0v) is 15.6. The molecule has 0 radical (unpaired) electrons. The number of fused-ring (bicyclic) bond motifs is 5. The number of rotatable bonds is 2. The van der Waals surface area contributed by atoms with E-state index in [0.717, 1.165) is 15.4 Å². The number of aliphatic carboxylic acids is 1. The SMILES string of the molecule is Cc1nnc2n1-c1sc3c(c1C(c1c(F)cccc1F)=NC2)CC(C(=O)O)C3. The lowest BCUT2D eigenvalue weighted by atomic mass is 9.97. The van der Waals surface area contributed by atoms with Crippen LogP contribution in [-0.2, 0) is 24.2 Å². The first-order chi connectivity index (χ1) is 13.5. The molecule has 1 N–H and O–H groups in total. The third kappa shape index (κ3) is 2.35. The molecule has 1 aliphatic carbocycles. The van der Waals surface area contributed by atoms with Gasteiger partial charge in [-0.15, -0.1) is 21.5 Å². The van der Waals surface area contributed by atoms with Gasteiger partial charge in [0.2, 0.25) is 0 Å². The maximum atomic E-state index is 14.6. The van der Waals surface area contributed by atoms with Gasteiger partial charge in [-0.3, -0.25) is 14.4 Å². The van der Waals surface area contributed by atoms with E-state index in [2.05, 4.69) is 15.2 Å². The lowest BCUT2D eigenvalue weighted by molar-refractivity contribution is -0.141. The van der Waals surface area contributed by atoms with Gasteiger partial charge in [0.05, 0.1) is 17.2 Å². The molecule has 1 unspecified atom stereocenters. The number of aryl methyl sites for hydroxylation is 1. The van der Waals surface area contributed by atoms with Crippen molar-refractivity contribution in [2.24, 2.45) is 10.9 Å². The van der Waals surface area contributed by atoms with Crippen molar-refractivity contribution in [3.05, 3.63) is 63.0 Å². The average Bonchev–Trinajstić information content (AvgIpc) is 3.27. The third-order valence-corrected chi connectivity index (χ3v) is 6.45. The summed E-state index contributed by atoms with van der Waals surface area (Å²) >= 11 is 1.42. The smallest absolute Gasteiger partial charge is 0.307 e. The number of carbonyl (C=O) groups is 1. The number of carboxylic acids is 1. The van der Waals surface area contributed by atoms with E-state index in [9.17, 15) is 18.7 Å². The second-order valence-electron chi connectivity index (χ2n) is 6.89. The molecule has 0 saturated heterocycles. The van der Waals surface area contributed by atoms with Gasteiger partial charge in [-0.2, -0.15) is 0 Å². The van der Waals surface area contributed by atoms with E-state index in [-0.39, 0.29) is 17.8 Å². The molecule has 5 rings (SSSR count). The monoisotopic (exact) mass is 400 g/mol. The number of halogens is 2. The molecule has 28 heavy (non-hydrogen) atoms. The standard InChI is InChI=1S/C19H14F2N4O2S/c1-8-23-24-14-7-22-17(16-11(20)3-2-4-12(16)21)15-10-5-9(19(26)27)6-13(10)28-18(15)25(8)14/h2-4,9H,5-7H2,1H3,(H,26,27). The fraction of sp³-hybridized carbons (Fsp3) is 0.263. The van der Waals surface area contributed by atoms with E-state index < -0.39 is 23.5 Å². The predicted molar refractivity (Wildman–Crippen MR) is 98.2 cm³/mol. The summed E-state index contributed by atoms with van der Waals surface area (Å²) in [7, 11) is 0. The molecule has 0 fully saturated rings. The van der Waals surface area contributed by atoms with Crippen molar-refractivity contribution in [1.82, 2.24) is 14.8 Å². The summed E-state index contributed by atoms with van der Waals surface area (Å²) in [5, 5.41) is 18.4. The average molecular weight is 400 g/mol. The lowest BCUT2D eigenvalue weighted by Crippen LogP contribution is -2.16. The number of aliphatic imine (C=N–C) groups is 1. The number of nitrogens with zero attached hydrogens (tertiary/aromatic N) is 4. The van der Waals surface area contributed by atoms with Crippen molar-refractivity contribution in [3.8, 4) is 5.00 Å². The number of aromatic nitrogens is 3. The normalized spacial score (nSPS) is 17.5. The molecule has 0 spiro atoms. The maximum Gasteiger partial charge on any atom is 0.307 e. The van der Waals surface area contributed by atoms with Crippen LogP contribution in [0, 0.1) is 24.5 Å². The molecule has 3 aromatic rings. The molecule has 2 aliphatic rings. The maximum absolute atomic E-state index is 14.6. The van der Waals surface area contributed by atoms with Gasteiger partial charge in [0.15, 0.2) is 5.82 Å². The van der Waals surface area contributed by atoms with Crippen LogP contribution in [0.3, 0.4) is 0 Å². The Morgan fingerprint density at radius 3 is 2.68 bits per heavy atom. The Labute approximate surface area is 162 Å². The van der Waals surface area contributed by atoms with Crippen molar-refractivity contribution in [3.63, 3.8) is 0 Å². The largest absolute Gasteiger partial charge is 0.481 e. The Kier molecular flexibility index (Phi) is 3.70. The summed E-state index contributed by atoms with van der Waals surface area (Å²) in [5.41, 5.74) is 1.41. The van der Waals surface area contributed by atoms with E-state index in [0.29, 0.717) is 30.1 Å². The molecule has 0 amide bonds. The third-order valence-electron chi connectivity index (χ3n) is 5.21. The minimum absolute atomic E-state index is 0.127. The Bertz CT molecular complexity index is 1160. The zero-order valence-electron chi connectivity index (χ0n) is 14.7. The predicted octanol–water partition coefficient (Wildman–Crippen LogP) is 3.07. The van der Waals surface area contributed by atoms with E-state index in [4.69, 9.17) is 0 Å². The van der Waals surface area contributed by atoms with Gasteiger partial charge >= 0.3 is 5.97 Å². The summed E-state index contributed by atoms with van der Waals surface area (Å²) in [6.07, 6.45) is 0.702. The highest BCUT2D eigenvalue weighted by atomic mass is 32.1. The quantitative estimate of drug-likeness (QED) is 0.717. The molecule has 9 heteroatoms. The summed E-state index contributed by atoms with van der Waals surface area (Å²) in [6.45, 7) is 1.93. The van der Waals surface area contributed by atoms with Gasteiger partial charge in [-0.25, -0.2) is 8.78 Å². The molecular formula is C19H14F2N4O2S. The number of benzene rings is 1. The zero-order chi connectivity index (χ0) is 19.6. The number of thiophene rings is 1. The topological polar surface area (TPSA) is 80.4 Å². The number of carboxylic acid groups (broad SMARTS) is 1. The molecule has 1 aliphatic heterocycles. The van der Waals surface area contributed by atoms with Crippen molar-refractivity contribution >= 4 is 23.0 Å². The molecule has 0 bridgehead atoms. The molecule has 142 valence electrons. The molecule has 6 nitrogen and oxygen atoms in total. The highest BCUT2D eigenvalue weighted by molar-refractivity contribution is 7.15. The summed E-state index contributed by atoms with van der Waals surface area (Å²) < 4.78 is 31.1. The van der Waals surface area contributed by atoms with Crippen LogP contribution in [0.2, 0.25) is 0 Å². The Morgan fingerprint density at radius 2 is 1.96 bits per heavy atom. The second kappa shape index (κ2) is 6.03. The fourth-order valence-electron chi connectivity index (χ4n) is 3.93. The summed E-state index contributed by atoms with van der Waals surface area (Å²) in [5.74, 6) is -1.58. The minimum Gasteiger partial charge on any atom is -0.481 e. The molecule has 1 atom stereocenters. The van der Waals surface area contributed by atoms with Crippen molar-refractivity contribution in [2.45, 2.75) is 26.3 Å². The highest BCUT2D eigenvalue weighted by Gasteiger charge is 2.37. The Balaban J connectivity index is 1.79. The van der Waals surface area contributed by atoms with E-state index in [1.54, 1.807) is 6.92 Å². The first-order valence-electron chi connectivity index (χ1n) is 8.73. The first-order valence-corrected chi connectivity index (χ1v) is 9.55. The number of hydrogen-bond acceptors (Lipinski definition) is 5. The van der Waals surface area contributed by atoms with Crippen LogP contribution in [0.15, 0.2) is 23.2 Å². The van der Waals surface area contributed by atoms with Crippen molar-refractivity contribution in [2.75, 3.05) is 0 Å². The van der Waals surface area contributed by atoms with Crippen LogP contribution in [0.4, 0.5) is 8.78 Å². The van der Waals surface area contributed by atoms with Crippen LogP contribution in [0.1, 0.15) is 33.2 Å². The Morgan fingerprint density at radius 1 is 1.21 bits per heavy atom. The molecule has 2 aromatic heterocycles. The lowest BCUT2D eigenvalue weighted by Gasteiger charge is -2.12. The van der Waals surface area contributed by atoms with Gasteiger partial charge in [0.1, 0.15) is 29.0 Å². The van der Waals surface area contributed by atoms with Crippen molar-refractivity contribution in [1.29, 1.82) is 0 Å². The molecular weight excluding hydrogens is 386 g/mol. The molecule has 1 aromatic carbocycles.